The fourth-order valence-corrected chi connectivity index (χ4v) is 0.421. The van der Waals surface area contributed by atoms with Crippen LogP contribution in [0.3, 0.4) is 0 Å². The molecule has 0 radical (unpaired) electrons. The minimum Gasteiger partial charge on any atom is -0.459 e. The molecule has 0 aromatic heterocycles. The lowest BCUT2D eigenvalue weighted by Gasteiger charge is -1.88. The summed E-state index contributed by atoms with van der Waals surface area (Å²) in [7, 11) is 1.62. The first-order valence-corrected chi connectivity index (χ1v) is 2.78. The van der Waals surface area contributed by atoms with E-state index in [9.17, 15) is 0 Å². The number of unbranched alkanes of at least 4 members (excludes halogenated alkanes) is 2. The predicted molar refractivity (Wildman–Crippen MR) is 35.7 cm³/mol. The number of allylic oxidation sites excluding steroid dienone is 1. The maximum absolute atomic E-state index is 4.60. The molecule has 0 atom stereocenters. The normalized spacial score (nSPS) is 10.1. The number of carbonyl (C=O) groups excluding carboxylic acids is 1. The van der Waals surface area contributed by atoms with Crippen LogP contribution in [0.5, 0.6) is 0 Å². The molecule has 0 saturated heterocycles. The molecule has 0 fully saturated rings. The summed E-state index contributed by atoms with van der Waals surface area (Å²) >= 11 is 0. The van der Waals surface area contributed by atoms with Crippen molar-refractivity contribution in [2.24, 2.45) is 0 Å². The van der Waals surface area contributed by atoms with E-state index < -0.39 is 0 Å². The summed E-state index contributed by atoms with van der Waals surface area (Å²) in [5.74, 6) is 0. The zero-order valence-corrected chi connectivity index (χ0v) is 5.31. The lowest BCUT2D eigenvalue weighted by molar-refractivity contribution is 0.181. The first-order chi connectivity index (χ1) is 3.91. The van der Waals surface area contributed by atoms with Gasteiger partial charge in [-0.2, -0.15) is 0 Å². The van der Waals surface area contributed by atoms with Gasteiger partial charge in [0.25, 0.3) is 0 Å². The van der Waals surface area contributed by atoms with Crippen molar-refractivity contribution < 1.29 is 4.42 Å². The van der Waals surface area contributed by atoms with Crippen LogP contribution in [0.2, 0.25) is 0 Å². The maximum Gasteiger partial charge on any atom is 0.208 e. The molecule has 0 spiro atoms. The van der Waals surface area contributed by atoms with E-state index in [0.717, 1.165) is 19.3 Å². The Balaban J connectivity index is 2.82. The van der Waals surface area contributed by atoms with E-state index in [0.29, 0.717) is 0 Å². The van der Waals surface area contributed by atoms with Gasteiger partial charge in [0.15, 0.2) is 0 Å². The summed E-state index contributed by atoms with van der Waals surface area (Å²) in [6.45, 7) is 3.59. The molecule has 1 heteroatoms. The Morgan fingerprint density at radius 2 is 2.50 bits per heavy atom. The van der Waals surface area contributed by atoms with Gasteiger partial charge < -0.3 is 4.42 Å². The summed E-state index contributed by atoms with van der Waals surface area (Å²) < 4.78 is 4.60. The van der Waals surface area contributed by atoms with E-state index in [2.05, 4.69) is 17.3 Å². The highest BCUT2D eigenvalue weighted by Crippen LogP contribution is 1.90. The molecule has 0 aliphatic heterocycles. The van der Waals surface area contributed by atoms with Crippen LogP contribution in [-0.4, -0.2) is 13.4 Å². The molecule has 0 aliphatic carbocycles. The highest BCUT2D eigenvalue weighted by atomic mass is 16.4. The lowest BCUT2D eigenvalue weighted by atomic mass is 10.2. The van der Waals surface area contributed by atoms with Gasteiger partial charge in [-0.1, -0.05) is 12.5 Å². The van der Waals surface area contributed by atoms with Crippen LogP contribution in [0, 0.1) is 0 Å². The maximum atomic E-state index is 4.60. The average Bonchev–Trinajstić information content (AvgIpc) is 1.81. The van der Waals surface area contributed by atoms with Crippen LogP contribution in [0.15, 0.2) is 12.7 Å². The molecule has 8 heavy (non-hydrogen) atoms. The molecular weight excluding hydrogens is 100 g/mol. The van der Waals surface area contributed by atoms with E-state index in [1.165, 1.54) is 0 Å². The van der Waals surface area contributed by atoms with Gasteiger partial charge >= 0.3 is 0 Å². The van der Waals surface area contributed by atoms with Crippen LogP contribution in [0.1, 0.15) is 19.3 Å². The Hall–Kier alpha value is -0.590. The smallest absolute Gasteiger partial charge is 0.208 e. The second-order valence-electron chi connectivity index (χ2n) is 1.53. The Kier molecular flexibility index (Phi) is 5.94. The molecule has 1 nitrogen and oxygen atoms in total. The molecule has 46 valence electrons. The average molecular weight is 112 g/mol. The van der Waals surface area contributed by atoms with Crippen molar-refractivity contribution in [3.63, 3.8) is 0 Å². The van der Waals surface area contributed by atoms with Gasteiger partial charge in [0.2, 0.25) is 7.11 Å². The van der Waals surface area contributed by atoms with Crippen molar-refractivity contribution >= 4 is 6.29 Å². The fraction of sp³-hybridized carbons (Fsp3) is 0.571. The molecular formula is C7H12O. The highest BCUT2D eigenvalue weighted by Gasteiger charge is 1.73. The SMILES string of the molecule is C=CCCC[C-]=[O+]C. The summed E-state index contributed by atoms with van der Waals surface area (Å²) in [6.07, 6.45) is 7.69. The highest BCUT2D eigenvalue weighted by molar-refractivity contribution is 5.50. The Morgan fingerprint density at radius 3 is 3.00 bits per heavy atom. The monoisotopic (exact) mass is 112 g/mol. The van der Waals surface area contributed by atoms with Crippen molar-refractivity contribution in [1.82, 2.24) is 0 Å². The number of hydrogen-bond donors (Lipinski definition) is 0. The molecule has 0 aromatic carbocycles. The standard InChI is InChI=1S/C7H12O/c1-3-4-5-6-7-8-2/h3H,1,4-6H2,2H3. The number of rotatable bonds is 4. The second-order valence-corrected chi connectivity index (χ2v) is 1.53. The third-order valence-electron chi connectivity index (χ3n) is 0.831. The van der Waals surface area contributed by atoms with E-state index in [1.807, 2.05) is 6.08 Å². The Bertz CT molecular complexity index is 74.5. The van der Waals surface area contributed by atoms with Gasteiger partial charge in [-0.05, 0) is 12.7 Å². The van der Waals surface area contributed by atoms with Crippen LogP contribution in [0.25, 0.3) is 0 Å². The molecule has 0 N–H and O–H groups in total. The fourth-order valence-electron chi connectivity index (χ4n) is 0.421. The Labute approximate surface area is 50.7 Å². The summed E-state index contributed by atoms with van der Waals surface area (Å²) in [6, 6.07) is 0. The molecule has 0 saturated carbocycles. The molecule has 0 aliphatic rings. The van der Waals surface area contributed by atoms with Crippen molar-refractivity contribution in [3.05, 3.63) is 12.7 Å². The predicted octanol–water partition coefficient (Wildman–Crippen LogP) is 1.62. The minimum atomic E-state index is 0.905. The Morgan fingerprint density at radius 1 is 1.75 bits per heavy atom. The van der Waals surface area contributed by atoms with E-state index in [1.54, 1.807) is 7.11 Å². The molecule has 0 bridgehead atoms. The topological polar surface area (TPSA) is 11.3 Å². The molecule has 0 unspecified atom stereocenters. The van der Waals surface area contributed by atoms with E-state index in [4.69, 9.17) is 0 Å². The zero-order chi connectivity index (χ0) is 6.24. The third kappa shape index (κ3) is 5.41. The van der Waals surface area contributed by atoms with E-state index >= 15 is 0 Å². The van der Waals surface area contributed by atoms with Crippen molar-refractivity contribution in [2.45, 2.75) is 19.3 Å². The third-order valence-corrected chi connectivity index (χ3v) is 0.831. The largest absolute Gasteiger partial charge is 0.459 e. The zero-order valence-electron chi connectivity index (χ0n) is 5.31. The van der Waals surface area contributed by atoms with Gasteiger partial charge in [-0.3, -0.25) is 0 Å². The van der Waals surface area contributed by atoms with Gasteiger partial charge in [0, 0.05) is 0 Å². The summed E-state index contributed by atoms with van der Waals surface area (Å²) in [5, 5.41) is 0. The summed E-state index contributed by atoms with van der Waals surface area (Å²) in [4.78, 5) is 0. The molecule has 0 rings (SSSR count). The van der Waals surface area contributed by atoms with Crippen molar-refractivity contribution in [2.75, 3.05) is 7.11 Å². The van der Waals surface area contributed by atoms with Crippen LogP contribution >= 0.6 is 0 Å². The molecule has 0 amide bonds. The van der Waals surface area contributed by atoms with Gasteiger partial charge in [-0.25, -0.2) is 0 Å². The molecule has 0 heterocycles. The second kappa shape index (κ2) is 6.41. The number of hydrogen-bond acceptors (Lipinski definition) is 0. The first-order valence-electron chi connectivity index (χ1n) is 2.78. The van der Waals surface area contributed by atoms with Gasteiger partial charge in [0.1, 0.15) is 0 Å². The van der Waals surface area contributed by atoms with Crippen molar-refractivity contribution in [1.29, 1.82) is 0 Å². The van der Waals surface area contributed by atoms with Crippen LogP contribution in [0.4, 0.5) is 0 Å². The minimum absolute atomic E-state index is 0.905. The summed E-state index contributed by atoms with van der Waals surface area (Å²) in [5.41, 5.74) is 0. The van der Waals surface area contributed by atoms with Crippen LogP contribution in [-0.2, 0) is 4.42 Å². The molecule has 0 aromatic rings. The van der Waals surface area contributed by atoms with Gasteiger partial charge in [-0.15, -0.1) is 13.0 Å². The van der Waals surface area contributed by atoms with E-state index in [-0.39, 0.29) is 0 Å². The lowest BCUT2D eigenvalue weighted by Crippen LogP contribution is -1.76. The first kappa shape index (κ1) is 7.41. The quantitative estimate of drug-likeness (QED) is 0.226. The van der Waals surface area contributed by atoms with Gasteiger partial charge in [0.05, 0.1) is 0 Å². The van der Waals surface area contributed by atoms with Crippen molar-refractivity contribution in [3.8, 4) is 0 Å². The van der Waals surface area contributed by atoms with Crippen LogP contribution < -0.4 is 0 Å².